The number of nitro groups is 1. The fraction of sp³-hybridized carbons (Fsp3) is 0.357. The van der Waals surface area contributed by atoms with Crippen LogP contribution in [0.25, 0.3) is 6.08 Å². The molecule has 1 amide bonds. The van der Waals surface area contributed by atoms with Gasteiger partial charge in [0.05, 0.1) is 16.6 Å². The Morgan fingerprint density at radius 2 is 2.00 bits per heavy atom. The lowest BCUT2D eigenvalue weighted by Crippen LogP contribution is -2.46. The molecule has 0 saturated carbocycles. The average molecular weight is 293 g/mol. The highest BCUT2D eigenvalue weighted by atomic mass is 19.1. The molecule has 6 nitrogen and oxygen atoms in total. The molecule has 1 aliphatic rings. The summed E-state index contributed by atoms with van der Waals surface area (Å²) < 4.78 is 13.0. The fourth-order valence-electron chi connectivity index (χ4n) is 2.11. The summed E-state index contributed by atoms with van der Waals surface area (Å²) in [4.78, 5) is 26.0. The third kappa shape index (κ3) is 3.85. The van der Waals surface area contributed by atoms with Crippen molar-refractivity contribution < 1.29 is 14.1 Å². The number of likely N-dealkylation sites (N-methyl/N-ethyl adjacent to an activating group) is 1. The van der Waals surface area contributed by atoms with E-state index < -0.39 is 10.7 Å². The van der Waals surface area contributed by atoms with Crippen LogP contribution in [0.3, 0.4) is 0 Å². The van der Waals surface area contributed by atoms with E-state index in [1.165, 1.54) is 18.2 Å². The van der Waals surface area contributed by atoms with Crippen molar-refractivity contribution in [3.63, 3.8) is 0 Å². The normalized spacial score (nSPS) is 16.4. The highest BCUT2D eigenvalue weighted by molar-refractivity contribution is 5.92. The van der Waals surface area contributed by atoms with E-state index >= 15 is 0 Å². The van der Waals surface area contributed by atoms with Gasteiger partial charge in [0.25, 0.3) is 5.69 Å². The van der Waals surface area contributed by atoms with Crippen LogP contribution >= 0.6 is 0 Å². The predicted molar refractivity (Wildman–Crippen MR) is 76.2 cm³/mol. The Bertz CT molecular complexity index is 581. The number of rotatable bonds is 3. The number of piperazine rings is 1. The van der Waals surface area contributed by atoms with E-state index in [1.54, 1.807) is 4.90 Å². The Kier molecular flexibility index (Phi) is 4.64. The van der Waals surface area contributed by atoms with Crippen LogP contribution in [-0.4, -0.2) is 53.9 Å². The van der Waals surface area contributed by atoms with Crippen molar-refractivity contribution in [2.45, 2.75) is 0 Å². The monoisotopic (exact) mass is 293 g/mol. The van der Waals surface area contributed by atoms with Crippen molar-refractivity contribution in [1.29, 1.82) is 0 Å². The fourth-order valence-corrected chi connectivity index (χ4v) is 2.11. The zero-order valence-electron chi connectivity index (χ0n) is 11.7. The van der Waals surface area contributed by atoms with Gasteiger partial charge in [0.2, 0.25) is 5.91 Å². The molecule has 1 aromatic carbocycles. The number of halogens is 1. The van der Waals surface area contributed by atoms with Crippen molar-refractivity contribution in [2.75, 3.05) is 33.2 Å². The first-order valence-corrected chi connectivity index (χ1v) is 6.57. The summed E-state index contributed by atoms with van der Waals surface area (Å²) in [5.41, 5.74) is -0.138. The molecule has 0 aliphatic carbocycles. The van der Waals surface area contributed by atoms with Crippen molar-refractivity contribution in [2.24, 2.45) is 0 Å². The van der Waals surface area contributed by atoms with E-state index in [0.29, 0.717) is 13.1 Å². The molecule has 21 heavy (non-hydrogen) atoms. The molecule has 1 aromatic rings. The molecule has 1 fully saturated rings. The van der Waals surface area contributed by atoms with E-state index in [4.69, 9.17) is 0 Å². The maximum Gasteiger partial charge on any atom is 0.279 e. The Labute approximate surface area is 121 Å². The molecule has 112 valence electrons. The van der Waals surface area contributed by atoms with Gasteiger partial charge >= 0.3 is 0 Å². The average Bonchev–Trinajstić information content (AvgIpc) is 2.46. The van der Waals surface area contributed by atoms with Crippen molar-refractivity contribution in [3.8, 4) is 0 Å². The van der Waals surface area contributed by atoms with Gasteiger partial charge in [-0.2, -0.15) is 0 Å². The van der Waals surface area contributed by atoms with Gasteiger partial charge in [-0.25, -0.2) is 4.39 Å². The van der Waals surface area contributed by atoms with E-state index in [9.17, 15) is 19.3 Å². The van der Waals surface area contributed by atoms with Crippen LogP contribution in [0, 0.1) is 15.9 Å². The van der Waals surface area contributed by atoms with Gasteiger partial charge in [-0.05, 0) is 25.3 Å². The zero-order valence-corrected chi connectivity index (χ0v) is 11.7. The number of hydrogen-bond donors (Lipinski definition) is 0. The Hall–Kier alpha value is -2.28. The van der Waals surface area contributed by atoms with Gasteiger partial charge < -0.3 is 9.80 Å². The maximum atomic E-state index is 13.0. The first kappa shape index (κ1) is 15.1. The second kappa shape index (κ2) is 6.45. The number of nitrogens with zero attached hydrogens (tertiary/aromatic N) is 3. The minimum Gasteiger partial charge on any atom is -0.337 e. The van der Waals surface area contributed by atoms with Gasteiger partial charge in [-0.1, -0.05) is 0 Å². The maximum absolute atomic E-state index is 13.0. The van der Waals surface area contributed by atoms with E-state index in [0.717, 1.165) is 25.2 Å². The number of amides is 1. The van der Waals surface area contributed by atoms with Crippen LogP contribution < -0.4 is 0 Å². The number of carbonyl (C=O) groups is 1. The lowest BCUT2D eigenvalue weighted by Gasteiger charge is -2.31. The number of benzene rings is 1. The van der Waals surface area contributed by atoms with E-state index in [2.05, 4.69) is 4.90 Å². The summed E-state index contributed by atoms with van der Waals surface area (Å²) in [6.07, 6.45) is 2.66. The molecular formula is C14H16FN3O3. The minimum atomic E-state index is -0.677. The summed E-state index contributed by atoms with van der Waals surface area (Å²) >= 11 is 0. The molecule has 0 unspecified atom stereocenters. The summed E-state index contributed by atoms with van der Waals surface area (Å²) in [5.74, 6) is -0.869. The molecule has 2 rings (SSSR count). The molecule has 1 saturated heterocycles. The lowest BCUT2D eigenvalue weighted by molar-refractivity contribution is -0.385. The lowest BCUT2D eigenvalue weighted by atomic mass is 10.1. The third-order valence-electron chi connectivity index (χ3n) is 3.41. The van der Waals surface area contributed by atoms with Crippen LogP contribution in [-0.2, 0) is 4.79 Å². The highest BCUT2D eigenvalue weighted by Crippen LogP contribution is 2.21. The largest absolute Gasteiger partial charge is 0.337 e. The predicted octanol–water partition coefficient (Wildman–Crippen LogP) is 1.52. The molecular weight excluding hydrogens is 277 g/mol. The Morgan fingerprint density at radius 1 is 1.33 bits per heavy atom. The standard InChI is InChI=1S/C14H16FN3O3/c1-16-6-8-17(9-7-16)14(19)5-3-11-2-4-12(15)10-13(11)18(20)21/h2-5,10H,6-9H2,1H3/b5-3+. The number of carbonyl (C=O) groups excluding carboxylic acids is 1. The molecule has 1 heterocycles. The van der Waals surface area contributed by atoms with Gasteiger partial charge in [0.1, 0.15) is 5.82 Å². The van der Waals surface area contributed by atoms with Crippen LogP contribution in [0.2, 0.25) is 0 Å². The molecule has 7 heteroatoms. The molecule has 1 aliphatic heterocycles. The van der Waals surface area contributed by atoms with Crippen molar-refractivity contribution in [3.05, 3.63) is 45.8 Å². The zero-order chi connectivity index (χ0) is 15.4. The second-order valence-electron chi connectivity index (χ2n) is 4.92. The summed E-state index contributed by atoms with van der Waals surface area (Å²) in [6.45, 7) is 2.86. The van der Waals surface area contributed by atoms with Crippen LogP contribution in [0.5, 0.6) is 0 Å². The SMILES string of the molecule is CN1CCN(C(=O)/C=C/c2ccc(F)cc2[N+](=O)[O-])CC1. The summed E-state index contributed by atoms with van der Waals surface area (Å²) in [5, 5.41) is 10.9. The number of hydrogen-bond acceptors (Lipinski definition) is 4. The van der Waals surface area contributed by atoms with E-state index in [-0.39, 0.29) is 17.2 Å². The molecule has 0 atom stereocenters. The van der Waals surface area contributed by atoms with Gasteiger partial charge in [0, 0.05) is 32.3 Å². The number of nitro benzene ring substituents is 1. The Balaban J connectivity index is 2.10. The van der Waals surface area contributed by atoms with Crippen molar-refractivity contribution >= 4 is 17.7 Å². The van der Waals surface area contributed by atoms with Gasteiger partial charge in [-0.3, -0.25) is 14.9 Å². The first-order valence-electron chi connectivity index (χ1n) is 6.57. The highest BCUT2D eigenvalue weighted by Gasteiger charge is 2.18. The van der Waals surface area contributed by atoms with Crippen LogP contribution in [0.4, 0.5) is 10.1 Å². The molecule has 0 aromatic heterocycles. The Morgan fingerprint density at radius 3 is 2.62 bits per heavy atom. The molecule has 0 spiro atoms. The topological polar surface area (TPSA) is 66.7 Å². The first-order chi connectivity index (χ1) is 9.97. The minimum absolute atomic E-state index is 0.193. The van der Waals surface area contributed by atoms with Crippen molar-refractivity contribution in [1.82, 2.24) is 9.80 Å². The molecule has 0 N–H and O–H groups in total. The summed E-state index contributed by atoms with van der Waals surface area (Å²) in [6, 6.07) is 3.27. The third-order valence-corrected chi connectivity index (χ3v) is 3.41. The van der Waals surface area contributed by atoms with E-state index in [1.807, 2.05) is 7.05 Å². The molecule has 0 radical (unpaired) electrons. The van der Waals surface area contributed by atoms with Gasteiger partial charge in [-0.15, -0.1) is 0 Å². The van der Waals surface area contributed by atoms with Crippen LogP contribution in [0.1, 0.15) is 5.56 Å². The quantitative estimate of drug-likeness (QED) is 0.481. The second-order valence-corrected chi connectivity index (χ2v) is 4.92. The smallest absolute Gasteiger partial charge is 0.279 e. The van der Waals surface area contributed by atoms with Gasteiger partial charge in [0.15, 0.2) is 0 Å². The summed E-state index contributed by atoms with van der Waals surface area (Å²) in [7, 11) is 1.99. The van der Waals surface area contributed by atoms with Crippen LogP contribution in [0.15, 0.2) is 24.3 Å². The molecule has 0 bridgehead atoms.